The van der Waals surface area contributed by atoms with Gasteiger partial charge in [0, 0.05) is 10.4 Å². The molecule has 1 aliphatic heterocycles. The molecule has 0 N–H and O–H groups in total. The summed E-state index contributed by atoms with van der Waals surface area (Å²) in [5.74, 6) is -1.71. The average molecular weight is 377 g/mol. The fourth-order valence-electron chi connectivity index (χ4n) is 2.21. The first-order chi connectivity index (χ1) is 12.0. The number of carbonyl (C=O) groups is 3. The number of nitrogens with zero attached hydrogens (tertiary/aromatic N) is 1. The monoisotopic (exact) mass is 377 g/mol. The van der Waals surface area contributed by atoms with E-state index < -0.39 is 29.3 Å². The molecular formula is C17H12FNO4S2. The molecule has 0 aliphatic carbocycles. The summed E-state index contributed by atoms with van der Waals surface area (Å²) in [5, 5.41) is 1.34. The van der Waals surface area contributed by atoms with Crippen LogP contribution in [0.25, 0.3) is 6.08 Å². The van der Waals surface area contributed by atoms with Crippen molar-refractivity contribution in [3.05, 3.63) is 56.9 Å². The maximum atomic E-state index is 13.7. The van der Waals surface area contributed by atoms with Gasteiger partial charge in [-0.05, 0) is 47.5 Å². The van der Waals surface area contributed by atoms with E-state index in [2.05, 4.69) is 0 Å². The lowest BCUT2D eigenvalue weighted by Gasteiger charge is -2.11. The van der Waals surface area contributed by atoms with E-state index in [1.807, 2.05) is 17.5 Å². The molecule has 1 aromatic carbocycles. The van der Waals surface area contributed by atoms with Crippen LogP contribution in [0.15, 0.2) is 40.6 Å². The average Bonchev–Trinajstić information content (AvgIpc) is 3.19. The van der Waals surface area contributed by atoms with Crippen LogP contribution in [0.5, 0.6) is 5.75 Å². The molecule has 1 aromatic heterocycles. The number of halogens is 1. The van der Waals surface area contributed by atoms with E-state index in [1.165, 1.54) is 30.6 Å². The highest BCUT2D eigenvalue weighted by Crippen LogP contribution is 2.33. The Morgan fingerprint density at radius 2 is 2.12 bits per heavy atom. The highest BCUT2D eigenvalue weighted by atomic mass is 32.2. The highest BCUT2D eigenvalue weighted by molar-refractivity contribution is 8.18. The van der Waals surface area contributed by atoms with E-state index in [0.717, 1.165) is 27.6 Å². The van der Waals surface area contributed by atoms with Crippen molar-refractivity contribution in [1.82, 2.24) is 4.90 Å². The Bertz CT molecular complexity index is 877. The van der Waals surface area contributed by atoms with Gasteiger partial charge in [0.15, 0.2) is 17.3 Å². The number of carbonyl (C=O) groups excluding carboxylic acids is 3. The standard InChI is InChI=1S/C17H12FNO4S2/c1-23-14-5-4-10(7-12(14)18)13(20)9-19-16(21)15(25-17(19)22)8-11-3-2-6-24-11/h2-8H,9H2,1H3/b15-8-. The van der Waals surface area contributed by atoms with Crippen molar-refractivity contribution in [3.63, 3.8) is 0 Å². The van der Waals surface area contributed by atoms with Gasteiger partial charge in [-0.15, -0.1) is 11.3 Å². The minimum Gasteiger partial charge on any atom is -0.494 e. The van der Waals surface area contributed by atoms with Gasteiger partial charge in [-0.3, -0.25) is 19.3 Å². The van der Waals surface area contributed by atoms with E-state index >= 15 is 0 Å². The van der Waals surface area contributed by atoms with Gasteiger partial charge >= 0.3 is 0 Å². The molecular weight excluding hydrogens is 365 g/mol. The summed E-state index contributed by atoms with van der Waals surface area (Å²) in [6, 6.07) is 7.41. The second-order valence-electron chi connectivity index (χ2n) is 5.06. The topological polar surface area (TPSA) is 63.7 Å². The number of Topliss-reactive ketones (excluding diaryl/α,β-unsaturated/α-hetero) is 1. The second kappa shape index (κ2) is 7.20. The van der Waals surface area contributed by atoms with Crippen molar-refractivity contribution in [3.8, 4) is 5.75 Å². The quantitative estimate of drug-likeness (QED) is 0.586. The molecule has 5 nitrogen and oxygen atoms in total. The van der Waals surface area contributed by atoms with Crippen molar-refractivity contribution in [2.75, 3.05) is 13.7 Å². The molecule has 0 radical (unpaired) electrons. The van der Waals surface area contributed by atoms with E-state index in [9.17, 15) is 18.8 Å². The van der Waals surface area contributed by atoms with Gasteiger partial charge in [0.05, 0.1) is 18.6 Å². The first kappa shape index (κ1) is 17.4. The number of amides is 2. The lowest BCUT2D eigenvalue weighted by atomic mass is 10.1. The number of hydrogen-bond donors (Lipinski definition) is 0. The number of ether oxygens (including phenoxy) is 1. The van der Waals surface area contributed by atoms with Gasteiger partial charge < -0.3 is 4.74 Å². The molecule has 1 fully saturated rings. The van der Waals surface area contributed by atoms with E-state index in [1.54, 1.807) is 6.08 Å². The van der Waals surface area contributed by atoms with Gasteiger partial charge in [0.1, 0.15) is 0 Å². The number of imide groups is 1. The Balaban J connectivity index is 1.76. The lowest BCUT2D eigenvalue weighted by Crippen LogP contribution is -2.33. The molecule has 1 saturated heterocycles. The van der Waals surface area contributed by atoms with Crippen LogP contribution >= 0.6 is 23.1 Å². The number of methoxy groups -OCH3 is 1. The highest BCUT2D eigenvalue weighted by Gasteiger charge is 2.36. The van der Waals surface area contributed by atoms with Crippen LogP contribution in [0.2, 0.25) is 0 Å². The zero-order valence-corrected chi connectivity index (χ0v) is 14.7. The Kier molecular flexibility index (Phi) is 5.00. The number of ketones is 1. The first-order valence-corrected chi connectivity index (χ1v) is 8.85. The molecule has 128 valence electrons. The molecule has 2 amide bonds. The van der Waals surface area contributed by atoms with Crippen molar-refractivity contribution in [2.24, 2.45) is 0 Å². The summed E-state index contributed by atoms with van der Waals surface area (Å²) in [6.07, 6.45) is 1.62. The normalized spacial score (nSPS) is 15.9. The number of hydrogen-bond acceptors (Lipinski definition) is 6. The maximum absolute atomic E-state index is 13.7. The summed E-state index contributed by atoms with van der Waals surface area (Å²) in [7, 11) is 1.32. The fourth-order valence-corrected chi connectivity index (χ4v) is 3.77. The molecule has 3 rings (SSSR count). The molecule has 0 spiro atoms. The smallest absolute Gasteiger partial charge is 0.293 e. The van der Waals surface area contributed by atoms with Gasteiger partial charge in [-0.25, -0.2) is 4.39 Å². The molecule has 8 heteroatoms. The molecule has 0 saturated carbocycles. The van der Waals surface area contributed by atoms with Crippen LogP contribution < -0.4 is 4.74 Å². The molecule has 2 heterocycles. The fraction of sp³-hybridized carbons (Fsp3) is 0.118. The van der Waals surface area contributed by atoms with Gasteiger partial charge in [0.2, 0.25) is 0 Å². The minimum atomic E-state index is -0.680. The van der Waals surface area contributed by atoms with Crippen molar-refractivity contribution < 1.29 is 23.5 Å². The summed E-state index contributed by atoms with van der Waals surface area (Å²) < 4.78 is 18.5. The van der Waals surface area contributed by atoms with Crippen LogP contribution in [0.1, 0.15) is 15.2 Å². The minimum absolute atomic E-state index is 0.0154. The van der Waals surface area contributed by atoms with Crippen molar-refractivity contribution in [1.29, 1.82) is 0 Å². The largest absolute Gasteiger partial charge is 0.494 e. The zero-order valence-electron chi connectivity index (χ0n) is 13.0. The third kappa shape index (κ3) is 3.64. The maximum Gasteiger partial charge on any atom is 0.293 e. The van der Waals surface area contributed by atoms with Crippen LogP contribution in [0.3, 0.4) is 0 Å². The second-order valence-corrected chi connectivity index (χ2v) is 7.03. The molecule has 2 aromatic rings. The van der Waals surface area contributed by atoms with Crippen LogP contribution in [-0.4, -0.2) is 35.5 Å². The van der Waals surface area contributed by atoms with Crippen molar-refractivity contribution in [2.45, 2.75) is 0 Å². The number of benzene rings is 1. The third-order valence-corrected chi connectivity index (χ3v) is 5.19. The summed E-state index contributed by atoms with van der Waals surface area (Å²) in [6.45, 7) is -0.432. The van der Waals surface area contributed by atoms with Crippen LogP contribution in [0, 0.1) is 5.82 Å². The Hall–Kier alpha value is -2.45. The summed E-state index contributed by atoms with van der Waals surface area (Å²) in [5.41, 5.74) is 0.0691. The number of rotatable bonds is 5. The third-order valence-electron chi connectivity index (χ3n) is 3.47. The summed E-state index contributed by atoms with van der Waals surface area (Å²) >= 11 is 2.22. The van der Waals surface area contributed by atoms with Gasteiger partial charge in [-0.2, -0.15) is 0 Å². The van der Waals surface area contributed by atoms with Crippen LogP contribution in [0.4, 0.5) is 9.18 Å². The lowest BCUT2D eigenvalue weighted by molar-refractivity contribution is -0.122. The van der Waals surface area contributed by atoms with E-state index in [4.69, 9.17) is 4.74 Å². The van der Waals surface area contributed by atoms with E-state index in [-0.39, 0.29) is 16.2 Å². The van der Waals surface area contributed by atoms with Gasteiger partial charge in [0.25, 0.3) is 11.1 Å². The SMILES string of the molecule is COc1ccc(C(=O)CN2C(=O)S/C(=C\c3cccs3)C2=O)cc1F. The molecule has 0 atom stereocenters. The first-order valence-electron chi connectivity index (χ1n) is 7.15. The zero-order chi connectivity index (χ0) is 18.0. The number of thiophene rings is 1. The molecule has 25 heavy (non-hydrogen) atoms. The Labute approximate surface area is 151 Å². The van der Waals surface area contributed by atoms with Gasteiger partial charge in [-0.1, -0.05) is 6.07 Å². The molecule has 1 aliphatic rings. The Morgan fingerprint density at radius 3 is 2.76 bits per heavy atom. The number of thioether (sulfide) groups is 1. The Morgan fingerprint density at radius 1 is 1.32 bits per heavy atom. The van der Waals surface area contributed by atoms with Crippen LogP contribution in [-0.2, 0) is 4.79 Å². The molecule has 0 bridgehead atoms. The predicted octanol–water partition coefficient (Wildman–Crippen LogP) is 3.82. The summed E-state index contributed by atoms with van der Waals surface area (Å²) in [4.78, 5) is 38.7. The predicted molar refractivity (Wildman–Crippen MR) is 94.3 cm³/mol. The van der Waals surface area contributed by atoms with E-state index in [0.29, 0.717) is 0 Å². The molecule has 0 unspecified atom stereocenters. The van der Waals surface area contributed by atoms with Crippen molar-refractivity contribution >= 4 is 46.1 Å².